The van der Waals surface area contributed by atoms with E-state index in [1.807, 2.05) is 32.9 Å². The van der Waals surface area contributed by atoms with Crippen LogP contribution in [0.2, 0.25) is 0 Å². The molecule has 0 spiro atoms. The quantitative estimate of drug-likeness (QED) is 0.744. The Morgan fingerprint density at radius 3 is 2.75 bits per heavy atom. The summed E-state index contributed by atoms with van der Waals surface area (Å²) in [6, 6.07) is 5.28. The summed E-state index contributed by atoms with van der Waals surface area (Å²) < 4.78 is 20.5. The van der Waals surface area contributed by atoms with Gasteiger partial charge in [0.05, 0.1) is 5.52 Å². The maximum absolute atomic E-state index is 15.0. The van der Waals surface area contributed by atoms with Crippen LogP contribution in [0.25, 0.3) is 10.9 Å². The average molecular weight is 383 g/mol. The number of halogens is 1. The van der Waals surface area contributed by atoms with Crippen molar-refractivity contribution in [1.29, 1.82) is 0 Å². The summed E-state index contributed by atoms with van der Waals surface area (Å²) in [5.41, 5.74) is 1.58. The van der Waals surface area contributed by atoms with Crippen molar-refractivity contribution in [3.05, 3.63) is 41.3 Å². The van der Waals surface area contributed by atoms with Gasteiger partial charge in [-0.05, 0) is 50.8 Å². The molecule has 6 heteroatoms. The van der Waals surface area contributed by atoms with Crippen molar-refractivity contribution < 1.29 is 13.9 Å². The summed E-state index contributed by atoms with van der Waals surface area (Å²) in [5, 5.41) is 0.942. The van der Waals surface area contributed by atoms with Gasteiger partial charge in [0.15, 0.2) is 0 Å². The molecule has 1 aromatic carbocycles. The first kappa shape index (κ1) is 18.8. The van der Waals surface area contributed by atoms with E-state index in [0.29, 0.717) is 30.1 Å². The predicted molar refractivity (Wildman–Crippen MR) is 107 cm³/mol. The number of fused-ring (bicyclic) bond motifs is 1. The second-order valence-corrected chi connectivity index (χ2v) is 8.93. The van der Waals surface area contributed by atoms with E-state index in [1.165, 1.54) is 0 Å². The number of aromatic nitrogens is 1. The van der Waals surface area contributed by atoms with Gasteiger partial charge in [-0.15, -0.1) is 0 Å². The average Bonchev–Trinajstić information content (AvgIpc) is 3.44. The molecule has 2 aliphatic heterocycles. The van der Waals surface area contributed by atoms with Crippen molar-refractivity contribution in [3.63, 3.8) is 0 Å². The van der Waals surface area contributed by atoms with E-state index in [0.717, 1.165) is 17.4 Å². The predicted octanol–water partition coefficient (Wildman–Crippen LogP) is 4.86. The molecule has 1 amide bonds. The zero-order valence-corrected chi connectivity index (χ0v) is 16.8. The third-order valence-electron chi connectivity index (χ3n) is 5.26. The summed E-state index contributed by atoms with van der Waals surface area (Å²) >= 11 is 0. The first-order valence-corrected chi connectivity index (χ1v) is 9.81. The van der Waals surface area contributed by atoms with Gasteiger partial charge >= 0.3 is 6.09 Å². The highest BCUT2D eigenvalue weighted by Gasteiger charge is 2.34. The van der Waals surface area contributed by atoms with Crippen LogP contribution in [-0.4, -0.2) is 40.9 Å². The van der Waals surface area contributed by atoms with Crippen molar-refractivity contribution in [2.24, 2.45) is 10.9 Å². The minimum Gasteiger partial charge on any atom is -0.444 e. The molecule has 3 atom stereocenters. The number of ether oxygens (including phenoxy) is 1. The lowest BCUT2D eigenvalue weighted by Gasteiger charge is -2.37. The number of carbonyl (C=O) groups is 1. The van der Waals surface area contributed by atoms with Gasteiger partial charge in [-0.3, -0.25) is 9.98 Å². The molecule has 0 N–H and O–H groups in total. The van der Waals surface area contributed by atoms with E-state index in [1.54, 1.807) is 23.4 Å². The third kappa shape index (κ3) is 3.73. The Hall–Kier alpha value is -2.50. The number of rotatable bonds is 2. The molecule has 2 aliphatic rings. The van der Waals surface area contributed by atoms with E-state index in [-0.39, 0.29) is 23.9 Å². The molecule has 28 heavy (non-hydrogen) atoms. The topological polar surface area (TPSA) is 54.8 Å². The number of aliphatic imine (C=N–C) groups is 1. The van der Waals surface area contributed by atoms with Gasteiger partial charge in [-0.25, -0.2) is 9.18 Å². The Labute approximate surface area is 164 Å². The molecule has 5 nitrogen and oxygen atoms in total. The van der Waals surface area contributed by atoms with Crippen molar-refractivity contribution in [2.75, 3.05) is 13.1 Å². The Kier molecular flexibility index (Phi) is 4.60. The molecule has 2 unspecified atom stereocenters. The second-order valence-electron chi connectivity index (χ2n) is 8.93. The van der Waals surface area contributed by atoms with Gasteiger partial charge < -0.3 is 9.64 Å². The second kappa shape index (κ2) is 6.83. The highest BCUT2D eigenvalue weighted by molar-refractivity contribution is 5.92. The van der Waals surface area contributed by atoms with Crippen molar-refractivity contribution in [1.82, 2.24) is 9.88 Å². The van der Waals surface area contributed by atoms with Gasteiger partial charge in [0.2, 0.25) is 0 Å². The summed E-state index contributed by atoms with van der Waals surface area (Å²) in [7, 11) is 0. The van der Waals surface area contributed by atoms with Crippen LogP contribution in [0.4, 0.5) is 9.18 Å². The number of amides is 1. The van der Waals surface area contributed by atoms with Crippen molar-refractivity contribution in [2.45, 2.75) is 51.7 Å². The van der Waals surface area contributed by atoms with Crippen LogP contribution in [-0.2, 0) is 4.74 Å². The number of hydrogen-bond donors (Lipinski definition) is 0. The monoisotopic (exact) mass is 383 g/mol. The van der Waals surface area contributed by atoms with E-state index in [4.69, 9.17) is 4.74 Å². The third-order valence-corrected chi connectivity index (χ3v) is 5.26. The lowest BCUT2D eigenvalue weighted by atomic mass is 9.83. The molecule has 148 valence electrons. The molecule has 3 heterocycles. The van der Waals surface area contributed by atoms with Crippen LogP contribution in [0.1, 0.15) is 57.2 Å². The zero-order valence-electron chi connectivity index (χ0n) is 16.8. The molecular weight excluding hydrogens is 357 g/mol. The fraction of sp³-hybridized carbons (Fsp3) is 0.500. The standard InChI is InChI=1S/C22H26FN3O2/c1-13-8-14(12-26(11-13)21(27)28-22(2,3)4)16-9-17(23)19(18-10-25-18)20-15(16)6-5-7-24-20/h5-7,9-10,13-14,18H,8,11-12H2,1-4H3/t13-,14?,18?/m1/s1. The summed E-state index contributed by atoms with van der Waals surface area (Å²) in [5.74, 6) is 0.0601. The van der Waals surface area contributed by atoms with E-state index in [2.05, 4.69) is 16.9 Å². The van der Waals surface area contributed by atoms with E-state index < -0.39 is 5.60 Å². The first-order valence-electron chi connectivity index (χ1n) is 9.81. The number of nitrogens with zero attached hydrogens (tertiary/aromatic N) is 3. The van der Waals surface area contributed by atoms with Crippen molar-refractivity contribution >= 4 is 23.2 Å². The van der Waals surface area contributed by atoms with Gasteiger partial charge in [0.1, 0.15) is 17.5 Å². The van der Waals surface area contributed by atoms with Gasteiger partial charge in [-0.1, -0.05) is 13.0 Å². The molecule has 2 aromatic rings. The molecule has 1 fully saturated rings. The van der Waals surface area contributed by atoms with Gasteiger partial charge in [-0.2, -0.15) is 0 Å². The molecule has 0 saturated carbocycles. The molecule has 4 rings (SSSR count). The first-order chi connectivity index (χ1) is 13.2. The maximum Gasteiger partial charge on any atom is 0.410 e. The minimum atomic E-state index is -0.540. The number of hydrogen-bond acceptors (Lipinski definition) is 4. The fourth-order valence-corrected chi connectivity index (χ4v) is 4.12. The van der Waals surface area contributed by atoms with Crippen LogP contribution in [0.15, 0.2) is 29.4 Å². The molecule has 0 radical (unpaired) electrons. The molecule has 0 aliphatic carbocycles. The normalized spacial score (nSPS) is 24.5. The maximum atomic E-state index is 15.0. The summed E-state index contributed by atoms with van der Waals surface area (Å²) in [6.45, 7) is 8.88. The van der Waals surface area contributed by atoms with Crippen LogP contribution in [0, 0.1) is 11.7 Å². The SMILES string of the molecule is C[C@@H]1CC(c2cc(F)c(C3C=N3)c3ncccc23)CN(C(=O)OC(C)(C)C)C1. The van der Waals surface area contributed by atoms with Crippen molar-refractivity contribution in [3.8, 4) is 0 Å². The Morgan fingerprint density at radius 1 is 1.32 bits per heavy atom. The number of piperidine rings is 1. The number of likely N-dealkylation sites (tertiary alicyclic amines) is 1. The molecule has 0 bridgehead atoms. The van der Waals surface area contributed by atoms with E-state index >= 15 is 0 Å². The molecule has 1 saturated heterocycles. The number of carbonyl (C=O) groups excluding carboxylic acids is 1. The van der Waals surface area contributed by atoms with Gasteiger partial charge in [0, 0.05) is 42.4 Å². The molecular formula is C22H26FN3O2. The lowest BCUT2D eigenvalue weighted by molar-refractivity contribution is 0.0152. The smallest absolute Gasteiger partial charge is 0.410 e. The number of benzene rings is 1. The summed E-state index contributed by atoms with van der Waals surface area (Å²) in [6.07, 6.45) is 4.00. The minimum absolute atomic E-state index is 0.0339. The Morgan fingerprint density at radius 2 is 2.07 bits per heavy atom. The summed E-state index contributed by atoms with van der Waals surface area (Å²) in [4.78, 5) is 23.0. The van der Waals surface area contributed by atoms with Crippen LogP contribution >= 0.6 is 0 Å². The fourth-order valence-electron chi connectivity index (χ4n) is 4.12. The van der Waals surface area contributed by atoms with Crippen LogP contribution in [0.3, 0.4) is 0 Å². The number of pyridine rings is 1. The molecule has 1 aromatic heterocycles. The van der Waals surface area contributed by atoms with Gasteiger partial charge in [0.25, 0.3) is 0 Å². The zero-order chi connectivity index (χ0) is 20.1. The highest BCUT2D eigenvalue weighted by atomic mass is 19.1. The Bertz CT molecular complexity index is 945. The Balaban J connectivity index is 1.69. The lowest BCUT2D eigenvalue weighted by Crippen LogP contribution is -2.45. The van der Waals surface area contributed by atoms with E-state index in [9.17, 15) is 9.18 Å². The van der Waals surface area contributed by atoms with Crippen LogP contribution in [0.5, 0.6) is 0 Å². The van der Waals surface area contributed by atoms with Crippen LogP contribution < -0.4 is 0 Å². The largest absolute Gasteiger partial charge is 0.444 e. The highest BCUT2D eigenvalue weighted by Crippen LogP contribution is 2.39.